The molecule has 1 rings (SSSR count). The van der Waals surface area contributed by atoms with Crippen LogP contribution in [0.3, 0.4) is 0 Å². The van der Waals surface area contributed by atoms with Crippen molar-refractivity contribution in [2.45, 2.75) is 30.5 Å². The van der Waals surface area contributed by atoms with Crippen LogP contribution in [-0.4, -0.2) is 38.1 Å². The van der Waals surface area contributed by atoms with E-state index in [2.05, 4.69) is 0 Å². The van der Waals surface area contributed by atoms with Crippen LogP contribution >= 0.6 is 0 Å². The first-order valence-corrected chi connectivity index (χ1v) is 7.44. The van der Waals surface area contributed by atoms with Crippen LogP contribution in [0.2, 0.25) is 0 Å². The molecule has 2 N–H and O–H groups in total. The average molecular weight is 325 g/mol. The molecule has 0 aliphatic carbocycles. The molecule has 1 atom stereocenters. The van der Waals surface area contributed by atoms with E-state index in [0.717, 1.165) is 12.1 Å². The van der Waals surface area contributed by atoms with Crippen LogP contribution in [0.4, 0.5) is 13.2 Å². The zero-order valence-electron chi connectivity index (χ0n) is 11.0. The first-order valence-electron chi connectivity index (χ1n) is 5.95. The predicted octanol–water partition coefficient (Wildman–Crippen LogP) is 1.48. The summed E-state index contributed by atoms with van der Waals surface area (Å²) in [5.41, 5.74) is 0.150. The van der Waals surface area contributed by atoms with Crippen LogP contribution in [0, 0.1) is 0 Å². The van der Waals surface area contributed by atoms with Crippen LogP contribution in [0.25, 0.3) is 0 Å². The van der Waals surface area contributed by atoms with Crippen molar-refractivity contribution in [1.29, 1.82) is 0 Å². The van der Waals surface area contributed by atoms with E-state index in [9.17, 15) is 26.4 Å². The van der Waals surface area contributed by atoms with Gasteiger partial charge in [-0.3, -0.25) is 4.79 Å². The van der Waals surface area contributed by atoms with Gasteiger partial charge in [0, 0.05) is 18.5 Å². The van der Waals surface area contributed by atoms with Crippen molar-refractivity contribution >= 4 is 15.8 Å². The minimum Gasteiger partial charge on any atom is -0.382 e. The zero-order valence-corrected chi connectivity index (χ0v) is 11.8. The Morgan fingerprint density at radius 1 is 1.38 bits per heavy atom. The third-order valence-corrected chi connectivity index (χ3v) is 4.05. The standard InChI is InChI=1S/C12H14F3NO4S/c1-2-10(17)8-4-3-5-9(6-8)21(19,20)16-7-11(18)12(13,14)15/h3-6,11,16,18H,2,7H2,1H3. The molecule has 0 aliphatic heterocycles. The highest BCUT2D eigenvalue weighted by Gasteiger charge is 2.38. The van der Waals surface area contributed by atoms with Gasteiger partial charge in [0.1, 0.15) is 0 Å². The molecule has 1 aromatic carbocycles. The largest absolute Gasteiger partial charge is 0.415 e. The molecular formula is C12H14F3NO4S. The SMILES string of the molecule is CCC(=O)c1cccc(S(=O)(=O)NCC(O)C(F)(F)F)c1. The number of ketones is 1. The second kappa shape index (κ2) is 6.54. The lowest BCUT2D eigenvalue weighted by molar-refractivity contribution is -0.200. The van der Waals surface area contributed by atoms with Gasteiger partial charge in [-0.2, -0.15) is 13.2 Å². The van der Waals surface area contributed by atoms with E-state index >= 15 is 0 Å². The molecule has 1 aromatic rings. The van der Waals surface area contributed by atoms with Gasteiger partial charge >= 0.3 is 6.18 Å². The maximum Gasteiger partial charge on any atom is 0.415 e. The van der Waals surface area contributed by atoms with E-state index in [1.807, 2.05) is 0 Å². The van der Waals surface area contributed by atoms with Crippen LogP contribution in [0.5, 0.6) is 0 Å². The van der Waals surface area contributed by atoms with Crippen molar-refractivity contribution < 1.29 is 31.5 Å². The molecule has 0 saturated carbocycles. The molecule has 0 heterocycles. The highest BCUT2D eigenvalue weighted by atomic mass is 32.2. The second-order valence-corrected chi connectivity index (χ2v) is 5.98. The fourth-order valence-corrected chi connectivity index (χ4v) is 2.51. The Morgan fingerprint density at radius 2 is 2.00 bits per heavy atom. The average Bonchev–Trinajstić information content (AvgIpc) is 2.43. The Kier molecular flexibility index (Phi) is 5.48. The van der Waals surface area contributed by atoms with Crippen LogP contribution in [0.15, 0.2) is 29.2 Å². The molecular weight excluding hydrogens is 311 g/mol. The number of aliphatic hydroxyl groups excluding tert-OH is 1. The number of Topliss-reactive ketones (excluding diaryl/α,β-unsaturated/α-hetero) is 1. The van der Waals surface area contributed by atoms with Crippen LogP contribution in [-0.2, 0) is 10.0 Å². The lowest BCUT2D eigenvalue weighted by Gasteiger charge is -2.15. The number of sulfonamides is 1. The topological polar surface area (TPSA) is 83.5 Å². The van der Waals surface area contributed by atoms with Crippen molar-refractivity contribution in [3.8, 4) is 0 Å². The van der Waals surface area contributed by atoms with E-state index in [1.165, 1.54) is 12.1 Å². The molecule has 0 aromatic heterocycles. The maximum absolute atomic E-state index is 12.1. The molecule has 0 spiro atoms. The maximum atomic E-state index is 12.1. The van der Waals surface area contributed by atoms with Gasteiger partial charge in [0.05, 0.1) is 4.90 Å². The third-order valence-electron chi connectivity index (χ3n) is 2.63. The van der Waals surface area contributed by atoms with Crippen molar-refractivity contribution in [2.75, 3.05) is 6.54 Å². The number of benzene rings is 1. The minimum absolute atomic E-state index is 0.150. The second-order valence-electron chi connectivity index (χ2n) is 4.21. The summed E-state index contributed by atoms with van der Waals surface area (Å²) in [6, 6.07) is 4.95. The van der Waals surface area contributed by atoms with Crippen LogP contribution in [0.1, 0.15) is 23.7 Å². The number of halogens is 3. The number of carbonyl (C=O) groups is 1. The van der Waals surface area contributed by atoms with Crippen LogP contribution < -0.4 is 4.72 Å². The molecule has 0 amide bonds. The number of rotatable bonds is 6. The van der Waals surface area contributed by atoms with Gasteiger partial charge in [-0.25, -0.2) is 13.1 Å². The van der Waals surface area contributed by atoms with Gasteiger partial charge in [-0.1, -0.05) is 19.1 Å². The molecule has 21 heavy (non-hydrogen) atoms. The van der Waals surface area contributed by atoms with E-state index < -0.39 is 28.8 Å². The highest BCUT2D eigenvalue weighted by Crippen LogP contribution is 2.20. The summed E-state index contributed by atoms with van der Waals surface area (Å²) in [5.74, 6) is -0.289. The Labute approximate surface area is 119 Å². The first-order chi connectivity index (χ1) is 9.58. The monoisotopic (exact) mass is 325 g/mol. The molecule has 0 bridgehead atoms. The molecule has 0 aliphatic rings. The summed E-state index contributed by atoms with van der Waals surface area (Å²) in [6.45, 7) is 0.402. The van der Waals surface area contributed by atoms with E-state index in [0.29, 0.717) is 0 Å². The number of carbonyl (C=O) groups excluding carboxylic acids is 1. The number of hydrogen-bond acceptors (Lipinski definition) is 4. The van der Waals surface area contributed by atoms with Crippen molar-refractivity contribution in [2.24, 2.45) is 0 Å². The van der Waals surface area contributed by atoms with Crippen molar-refractivity contribution in [3.63, 3.8) is 0 Å². The van der Waals surface area contributed by atoms with E-state index in [4.69, 9.17) is 5.11 Å². The minimum atomic E-state index is -4.91. The van der Waals surface area contributed by atoms with E-state index in [-0.39, 0.29) is 22.7 Å². The fraction of sp³-hybridized carbons (Fsp3) is 0.417. The smallest absolute Gasteiger partial charge is 0.382 e. The Bertz CT molecular complexity index is 613. The lowest BCUT2D eigenvalue weighted by Crippen LogP contribution is -2.40. The van der Waals surface area contributed by atoms with Gasteiger partial charge in [-0.05, 0) is 12.1 Å². The summed E-state index contributed by atoms with van der Waals surface area (Å²) in [7, 11) is -4.24. The zero-order chi connectivity index (χ0) is 16.3. The Balaban J connectivity index is 2.91. The highest BCUT2D eigenvalue weighted by molar-refractivity contribution is 7.89. The molecule has 0 fully saturated rings. The predicted molar refractivity (Wildman–Crippen MR) is 68.3 cm³/mol. The van der Waals surface area contributed by atoms with E-state index in [1.54, 1.807) is 11.6 Å². The third kappa shape index (κ3) is 4.80. The molecule has 9 heteroatoms. The van der Waals surface area contributed by atoms with Gasteiger partial charge in [0.25, 0.3) is 0 Å². The Hall–Kier alpha value is -1.45. The number of hydrogen-bond donors (Lipinski definition) is 2. The Morgan fingerprint density at radius 3 is 2.52 bits per heavy atom. The van der Waals surface area contributed by atoms with Crippen molar-refractivity contribution in [1.82, 2.24) is 4.72 Å². The summed E-state index contributed by atoms with van der Waals surface area (Å²) in [4.78, 5) is 11.1. The lowest BCUT2D eigenvalue weighted by atomic mass is 10.1. The molecule has 0 saturated heterocycles. The normalized spacial score (nSPS) is 14.0. The van der Waals surface area contributed by atoms with Gasteiger partial charge in [-0.15, -0.1) is 0 Å². The molecule has 5 nitrogen and oxygen atoms in total. The number of alkyl halides is 3. The van der Waals surface area contributed by atoms with Gasteiger partial charge in [0.15, 0.2) is 11.9 Å². The van der Waals surface area contributed by atoms with Gasteiger partial charge < -0.3 is 5.11 Å². The fourth-order valence-electron chi connectivity index (χ4n) is 1.43. The van der Waals surface area contributed by atoms with Crippen molar-refractivity contribution in [3.05, 3.63) is 29.8 Å². The molecule has 0 radical (unpaired) electrons. The summed E-state index contributed by atoms with van der Waals surface area (Å²) in [5, 5.41) is 8.77. The number of aliphatic hydroxyl groups is 1. The van der Waals surface area contributed by atoms with Gasteiger partial charge in [0.2, 0.25) is 10.0 Å². The summed E-state index contributed by atoms with van der Waals surface area (Å²) < 4.78 is 61.6. The quantitative estimate of drug-likeness (QED) is 0.776. The first kappa shape index (κ1) is 17.6. The molecule has 1 unspecified atom stereocenters. The number of nitrogens with one attached hydrogen (secondary N) is 1. The summed E-state index contributed by atoms with van der Waals surface area (Å²) >= 11 is 0. The molecule has 118 valence electrons. The summed E-state index contributed by atoms with van der Waals surface area (Å²) in [6.07, 6.45) is -7.54.